The summed E-state index contributed by atoms with van der Waals surface area (Å²) in [5.74, 6) is 1.11. The van der Waals surface area contributed by atoms with Crippen molar-refractivity contribution in [1.82, 2.24) is 25.5 Å². The summed E-state index contributed by atoms with van der Waals surface area (Å²) in [5.41, 5.74) is 3.27. The van der Waals surface area contributed by atoms with Crippen molar-refractivity contribution in [2.45, 2.75) is 24.9 Å². The van der Waals surface area contributed by atoms with Gasteiger partial charge in [0.1, 0.15) is 11.4 Å². The third kappa shape index (κ3) is 3.97. The zero-order valence-corrected chi connectivity index (χ0v) is 19.0. The first-order valence-electron chi connectivity index (χ1n) is 11.7. The van der Waals surface area contributed by atoms with Crippen LogP contribution in [0.5, 0.6) is 5.75 Å². The number of H-pyrrole nitrogens is 1. The fourth-order valence-electron chi connectivity index (χ4n) is 4.98. The lowest BCUT2D eigenvalue weighted by molar-refractivity contribution is -0.00570. The van der Waals surface area contributed by atoms with Gasteiger partial charge in [0.05, 0.1) is 12.0 Å². The summed E-state index contributed by atoms with van der Waals surface area (Å²) in [6, 6.07) is 23.0. The van der Waals surface area contributed by atoms with E-state index in [-0.39, 0.29) is 11.7 Å². The molecule has 3 aromatic carbocycles. The maximum absolute atomic E-state index is 13.6. The zero-order chi connectivity index (χ0) is 23.8. The minimum absolute atomic E-state index is 0.0649. The summed E-state index contributed by atoms with van der Waals surface area (Å²) in [7, 11) is 0. The molecular formula is C27H23N5O3. The van der Waals surface area contributed by atoms with Crippen LogP contribution in [0.1, 0.15) is 40.0 Å². The standard InChI is InChI=1S/C27H23N5O3/c33-23-17-27(35-24-9-5-4-8-22(23)24)10-12-32(13-11-27)26(34)21-15-19(18-6-2-1-3-7-18)14-20(16-21)25-28-30-31-29-25/h1-9,14-16H,10-13,17H2,(H,28,29,30,31). The highest BCUT2D eigenvalue weighted by atomic mass is 16.5. The van der Waals surface area contributed by atoms with Crippen LogP contribution in [0.2, 0.25) is 0 Å². The first kappa shape index (κ1) is 21.2. The SMILES string of the molecule is O=C1CC2(CCN(C(=O)c3cc(-c4ccccc4)cc(-c4nn[nH]n4)c3)CC2)Oc2ccccc21. The molecule has 1 saturated heterocycles. The van der Waals surface area contributed by atoms with E-state index in [4.69, 9.17) is 4.74 Å². The van der Waals surface area contributed by atoms with Gasteiger partial charge in [-0.15, -0.1) is 10.2 Å². The Hall–Kier alpha value is -4.33. The molecule has 0 atom stereocenters. The van der Waals surface area contributed by atoms with Gasteiger partial charge in [0, 0.05) is 37.1 Å². The van der Waals surface area contributed by atoms with Crippen molar-refractivity contribution < 1.29 is 14.3 Å². The van der Waals surface area contributed by atoms with Crippen LogP contribution >= 0.6 is 0 Å². The summed E-state index contributed by atoms with van der Waals surface area (Å²) < 4.78 is 6.32. The van der Waals surface area contributed by atoms with E-state index in [1.54, 1.807) is 6.07 Å². The third-order valence-electron chi connectivity index (χ3n) is 6.85. The van der Waals surface area contributed by atoms with E-state index < -0.39 is 5.60 Å². The monoisotopic (exact) mass is 465 g/mol. The highest BCUT2D eigenvalue weighted by molar-refractivity contribution is 6.00. The number of piperidine rings is 1. The van der Waals surface area contributed by atoms with Crippen molar-refractivity contribution >= 4 is 11.7 Å². The largest absolute Gasteiger partial charge is 0.486 e. The number of Topliss-reactive ketones (excluding diaryl/α,β-unsaturated/α-hetero) is 1. The minimum atomic E-state index is -0.552. The van der Waals surface area contributed by atoms with E-state index in [9.17, 15) is 9.59 Å². The molecule has 174 valence electrons. The molecular weight excluding hydrogens is 442 g/mol. The van der Waals surface area contributed by atoms with E-state index in [0.29, 0.717) is 55.1 Å². The van der Waals surface area contributed by atoms with Gasteiger partial charge in [0.25, 0.3) is 5.91 Å². The van der Waals surface area contributed by atoms with Gasteiger partial charge in [-0.1, -0.05) is 42.5 Å². The quantitative estimate of drug-likeness (QED) is 0.487. The van der Waals surface area contributed by atoms with Crippen LogP contribution < -0.4 is 4.74 Å². The molecule has 2 aliphatic heterocycles. The number of ether oxygens (including phenoxy) is 1. The van der Waals surface area contributed by atoms with Crippen LogP contribution in [0.25, 0.3) is 22.5 Å². The van der Waals surface area contributed by atoms with Crippen molar-refractivity contribution in [3.63, 3.8) is 0 Å². The highest BCUT2D eigenvalue weighted by Gasteiger charge is 2.43. The van der Waals surface area contributed by atoms with Gasteiger partial charge in [-0.05, 0) is 46.7 Å². The van der Waals surface area contributed by atoms with Gasteiger partial charge in [-0.3, -0.25) is 9.59 Å². The Balaban J connectivity index is 1.26. The first-order valence-corrected chi connectivity index (χ1v) is 11.7. The lowest BCUT2D eigenvalue weighted by Gasteiger charge is -2.44. The summed E-state index contributed by atoms with van der Waals surface area (Å²) in [6.45, 7) is 1.03. The second kappa shape index (κ2) is 8.47. The molecule has 0 unspecified atom stereocenters. The number of para-hydroxylation sites is 1. The number of tetrazole rings is 1. The van der Waals surface area contributed by atoms with Gasteiger partial charge >= 0.3 is 0 Å². The highest BCUT2D eigenvalue weighted by Crippen LogP contribution is 2.39. The van der Waals surface area contributed by atoms with Crippen molar-refractivity contribution in [1.29, 1.82) is 0 Å². The number of carbonyl (C=O) groups excluding carboxylic acids is 2. The number of nitrogens with zero attached hydrogens (tertiary/aromatic N) is 4. The number of benzene rings is 3. The van der Waals surface area contributed by atoms with E-state index in [1.807, 2.05) is 71.6 Å². The lowest BCUT2D eigenvalue weighted by Crippen LogP contribution is -2.52. The molecule has 1 aromatic heterocycles. The summed E-state index contributed by atoms with van der Waals surface area (Å²) >= 11 is 0. The molecule has 6 rings (SSSR count). The number of likely N-dealkylation sites (tertiary alicyclic amines) is 1. The van der Waals surface area contributed by atoms with E-state index in [1.165, 1.54) is 0 Å². The Morgan fingerprint density at radius 3 is 2.43 bits per heavy atom. The fraction of sp³-hybridized carbons (Fsp3) is 0.222. The minimum Gasteiger partial charge on any atom is -0.486 e. The van der Waals surface area contributed by atoms with Crippen molar-refractivity contribution in [3.05, 3.63) is 83.9 Å². The lowest BCUT2D eigenvalue weighted by atomic mass is 9.82. The number of ketones is 1. The molecule has 2 aliphatic rings. The summed E-state index contributed by atoms with van der Waals surface area (Å²) in [4.78, 5) is 28.2. The molecule has 3 heterocycles. The van der Waals surface area contributed by atoms with Crippen LogP contribution in [0.3, 0.4) is 0 Å². The average Bonchev–Trinajstić information content (AvgIpc) is 3.44. The van der Waals surface area contributed by atoms with E-state index >= 15 is 0 Å². The molecule has 1 N–H and O–H groups in total. The Kier molecular flexibility index (Phi) is 5.13. The number of carbonyl (C=O) groups is 2. The maximum atomic E-state index is 13.6. The molecule has 8 nitrogen and oxygen atoms in total. The predicted molar refractivity (Wildman–Crippen MR) is 129 cm³/mol. The summed E-state index contributed by atoms with van der Waals surface area (Å²) in [6.07, 6.45) is 1.56. The Morgan fingerprint density at radius 1 is 0.914 bits per heavy atom. The van der Waals surface area contributed by atoms with Crippen LogP contribution in [0.4, 0.5) is 0 Å². The Morgan fingerprint density at radius 2 is 1.66 bits per heavy atom. The molecule has 0 saturated carbocycles. The van der Waals surface area contributed by atoms with Crippen LogP contribution in [-0.4, -0.2) is 55.9 Å². The number of rotatable bonds is 3. The summed E-state index contributed by atoms with van der Waals surface area (Å²) in [5, 5.41) is 14.3. The van der Waals surface area contributed by atoms with Gasteiger partial charge < -0.3 is 9.64 Å². The number of hydrogen-bond donors (Lipinski definition) is 1. The maximum Gasteiger partial charge on any atom is 0.253 e. The van der Waals surface area contributed by atoms with Crippen LogP contribution in [0.15, 0.2) is 72.8 Å². The molecule has 0 aliphatic carbocycles. The zero-order valence-electron chi connectivity index (χ0n) is 19.0. The van der Waals surface area contributed by atoms with E-state index in [0.717, 1.165) is 16.7 Å². The van der Waals surface area contributed by atoms with Gasteiger partial charge in [-0.2, -0.15) is 5.21 Å². The Bertz CT molecular complexity index is 1390. The molecule has 1 spiro atoms. The number of fused-ring (bicyclic) bond motifs is 1. The molecule has 35 heavy (non-hydrogen) atoms. The number of aromatic amines is 1. The predicted octanol–water partition coefficient (Wildman–Crippen LogP) is 4.17. The first-order chi connectivity index (χ1) is 17.1. The van der Waals surface area contributed by atoms with Crippen molar-refractivity contribution in [3.8, 4) is 28.3 Å². The molecule has 0 bridgehead atoms. The number of hydrogen-bond acceptors (Lipinski definition) is 6. The number of amides is 1. The average molecular weight is 466 g/mol. The Labute approximate surface area is 201 Å². The van der Waals surface area contributed by atoms with Gasteiger partial charge in [0.2, 0.25) is 5.82 Å². The number of nitrogens with one attached hydrogen (secondary N) is 1. The van der Waals surface area contributed by atoms with Gasteiger partial charge in [0.15, 0.2) is 5.78 Å². The normalized spacial score (nSPS) is 16.6. The van der Waals surface area contributed by atoms with E-state index in [2.05, 4.69) is 20.6 Å². The molecule has 1 fully saturated rings. The van der Waals surface area contributed by atoms with Crippen LogP contribution in [-0.2, 0) is 0 Å². The molecule has 1 amide bonds. The molecule has 8 heteroatoms. The van der Waals surface area contributed by atoms with Crippen molar-refractivity contribution in [2.75, 3.05) is 13.1 Å². The second-order valence-electron chi connectivity index (χ2n) is 9.07. The van der Waals surface area contributed by atoms with Gasteiger partial charge in [-0.25, -0.2) is 0 Å². The topological polar surface area (TPSA) is 101 Å². The molecule has 4 aromatic rings. The van der Waals surface area contributed by atoms with Crippen molar-refractivity contribution in [2.24, 2.45) is 0 Å². The fourth-order valence-corrected chi connectivity index (χ4v) is 4.98. The third-order valence-corrected chi connectivity index (χ3v) is 6.85. The molecule has 0 radical (unpaired) electrons. The second-order valence-corrected chi connectivity index (χ2v) is 9.07. The van der Waals surface area contributed by atoms with Crippen LogP contribution in [0, 0.1) is 0 Å². The number of aromatic nitrogens is 4. The smallest absolute Gasteiger partial charge is 0.253 e.